The van der Waals surface area contributed by atoms with Crippen LogP contribution in [-0.2, 0) is 9.47 Å². The van der Waals surface area contributed by atoms with Crippen molar-refractivity contribution in [1.82, 2.24) is 5.32 Å². The van der Waals surface area contributed by atoms with Crippen molar-refractivity contribution in [2.75, 3.05) is 26.4 Å². The van der Waals surface area contributed by atoms with E-state index in [9.17, 15) is 0 Å². The van der Waals surface area contributed by atoms with Crippen LogP contribution >= 0.6 is 0 Å². The molecule has 2 rings (SSSR count). The van der Waals surface area contributed by atoms with Gasteiger partial charge in [0.1, 0.15) is 0 Å². The Morgan fingerprint density at radius 2 is 2.00 bits per heavy atom. The average molecular weight is 241 g/mol. The smallest absolute Gasteiger partial charge is 0.0655 e. The molecule has 3 heteroatoms. The molecular weight excluding hydrogens is 214 g/mol. The molecule has 1 N–H and O–H groups in total. The van der Waals surface area contributed by atoms with Crippen LogP contribution in [0.4, 0.5) is 0 Å². The molecule has 2 aliphatic rings. The lowest BCUT2D eigenvalue weighted by Gasteiger charge is -2.52. The topological polar surface area (TPSA) is 30.5 Å². The zero-order chi connectivity index (χ0) is 12.3. The van der Waals surface area contributed by atoms with Crippen LogP contribution in [-0.4, -0.2) is 38.5 Å². The first-order valence-corrected chi connectivity index (χ1v) is 7.07. The van der Waals surface area contributed by atoms with Crippen LogP contribution in [0.1, 0.15) is 40.0 Å². The third-order valence-electron chi connectivity index (χ3n) is 4.54. The van der Waals surface area contributed by atoms with Gasteiger partial charge in [0, 0.05) is 31.3 Å². The number of nitrogens with one attached hydrogen (secondary N) is 1. The summed E-state index contributed by atoms with van der Waals surface area (Å²) >= 11 is 0. The highest BCUT2D eigenvalue weighted by molar-refractivity contribution is 5.02. The fraction of sp³-hybridized carbons (Fsp3) is 1.00. The van der Waals surface area contributed by atoms with Crippen LogP contribution < -0.4 is 5.32 Å². The van der Waals surface area contributed by atoms with Crippen LogP contribution in [0.5, 0.6) is 0 Å². The fourth-order valence-corrected chi connectivity index (χ4v) is 2.98. The minimum absolute atomic E-state index is 0.293. The first-order chi connectivity index (χ1) is 8.14. The summed E-state index contributed by atoms with van der Waals surface area (Å²) in [7, 11) is 0. The summed E-state index contributed by atoms with van der Waals surface area (Å²) in [5, 5.41) is 3.73. The quantitative estimate of drug-likeness (QED) is 0.800. The average Bonchev–Trinajstić information content (AvgIpc) is 2.34. The van der Waals surface area contributed by atoms with E-state index in [1.807, 2.05) is 0 Å². The van der Waals surface area contributed by atoms with Gasteiger partial charge in [0.15, 0.2) is 0 Å². The van der Waals surface area contributed by atoms with Crippen molar-refractivity contribution in [2.24, 2.45) is 11.3 Å². The van der Waals surface area contributed by atoms with Gasteiger partial charge in [-0.05, 0) is 38.6 Å². The minimum atomic E-state index is 0.293. The van der Waals surface area contributed by atoms with Crippen LogP contribution in [0.15, 0.2) is 0 Å². The van der Waals surface area contributed by atoms with E-state index in [-0.39, 0.29) is 0 Å². The molecule has 0 aromatic rings. The maximum absolute atomic E-state index is 5.76. The zero-order valence-corrected chi connectivity index (χ0v) is 11.5. The Labute approximate surface area is 105 Å². The molecule has 17 heavy (non-hydrogen) atoms. The van der Waals surface area contributed by atoms with Gasteiger partial charge in [-0.25, -0.2) is 0 Å². The van der Waals surface area contributed by atoms with Gasteiger partial charge in [-0.15, -0.1) is 0 Å². The molecule has 2 unspecified atom stereocenters. The highest BCUT2D eigenvalue weighted by Gasteiger charge is 2.48. The molecule has 0 bridgehead atoms. The summed E-state index contributed by atoms with van der Waals surface area (Å²) in [6.07, 6.45) is 4.05. The van der Waals surface area contributed by atoms with Gasteiger partial charge < -0.3 is 14.8 Å². The lowest BCUT2D eigenvalue weighted by Crippen LogP contribution is -2.61. The summed E-state index contributed by atoms with van der Waals surface area (Å²) in [6.45, 7) is 10.6. The monoisotopic (exact) mass is 241 g/mol. The normalized spacial score (nSPS) is 33.4. The van der Waals surface area contributed by atoms with Gasteiger partial charge in [-0.1, -0.05) is 13.8 Å². The van der Waals surface area contributed by atoms with Crippen LogP contribution in [0.3, 0.4) is 0 Å². The van der Waals surface area contributed by atoms with Crippen LogP contribution in [0, 0.1) is 11.3 Å². The van der Waals surface area contributed by atoms with E-state index in [0.717, 1.165) is 32.3 Å². The van der Waals surface area contributed by atoms with Gasteiger partial charge in [-0.3, -0.25) is 0 Å². The summed E-state index contributed by atoms with van der Waals surface area (Å²) in [5.74, 6) is 0.811. The van der Waals surface area contributed by atoms with Gasteiger partial charge in [-0.2, -0.15) is 0 Å². The molecule has 3 nitrogen and oxygen atoms in total. The molecule has 1 aliphatic heterocycles. The summed E-state index contributed by atoms with van der Waals surface area (Å²) < 4.78 is 11.1. The van der Waals surface area contributed by atoms with Crippen molar-refractivity contribution in [2.45, 2.75) is 52.2 Å². The molecule has 1 aliphatic carbocycles. The van der Waals surface area contributed by atoms with Crippen molar-refractivity contribution in [1.29, 1.82) is 0 Å². The highest BCUT2D eigenvalue weighted by atomic mass is 16.5. The van der Waals surface area contributed by atoms with Crippen molar-refractivity contribution in [3.63, 3.8) is 0 Å². The first-order valence-electron chi connectivity index (χ1n) is 7.07. The van der Waals surface area contributed by atoms with Crippen LogP contribution in [0.25, 0.3) is 0 Å². The van der Waals surface area contributed by atoms with Crippen molar-refractivity contribution in [3.05, 3.63) is 0 Å². The van der Waals surface area contributed by atoms with Crippen LogP contribution in [0.2, 0.25) is 0 Å². The molecule has 1 saturated carbocycles. The third-order valence-corrected chi connectivity index (χ3v) is 4.54. The van der Waals surface area contributed by atoms with E-state index < -0.39 is 0 Å². The predicted molar refractivity (Wildman–Crippen MR) is 69.1 cm³/mol. The second kappa shape index (κ2) is 5.68. The molecule has 2 atom stereocenters. The molecule has 0 amide bonds. The molecule has 0 spiro atoms. The van der Waals surface area contributed by atoms with Gasteiger partial charge >= 0.3 is 0 Å². The summed E-state index contributed by atoms with van der Waals surface area (Å²) in [5.41, 5.74) is 0.293. The lowest BCUT2D eigenvalue weighted by molar-refractivity contribution is -0.115. The lowest BCUT2D eigenvalue weighted by atomic mass is 9.64. The summed E-state index contributed by atoms with van der Waals surface area (Å²) in [6, 6.07) is 0.627. The van der Waals surface area contributed by atoms with E-state index >= 15 is 0 Å². The van der Waals surface area contributed by atoms with E-state index in [0.29, 0.717) is 17.6 Å². The Kier molecular flexibility index (Phi) is 4.45. The molecule has 1 heterocycles. The second-order valence-electron chi connectivity index (χ2n) is 6.02. The summed E-state index contributed by atoms with van der Waals surface area (Å²) in [4.78, 5) is 0. The molecule has 0 radical (unpaired) electrons. The van der Waals surface area contributed by atoms with Crippen molar-refractivity contribution < 1.29 is 9.47 Å². The van der Waals surface area contributed by atoms with Gasteiger partial charge in [0.25, 0.3) is 0 Å². The number of hydrogen-bond acceptors (Lipinski definition) is 3. The van der Waals surface area contributed by atoms with Crippen molar-refractivity contribution in [3.8, 4) is 0 Å². The van der Waals surface area contributed by atoms with Gasteiger partial charge in [0.2, 0.25) is 0 Å². The van der Waals surface area contributed by atoms with Crippen molar-refractivity contribution >= 4 is 0 Å². The molecular formula is C14H27NO2. The molecule has 0 aromatic carbocycles. The highest BCUT2D eigenvalue weighted by Crippen LogP contribution is 2.42. The number of hydrogen-bond donors (Lipinski definition) is 1. The van der Waals surface area contributed by atoms with E-state index in [1.165, 1.54) is 19.3 Å². The first kappa shape index (κ1) is 13.3. The predicted octanol–water partition coefficient (Wildman–Crippen LogP) is 2.21. The van der Waals surface area contributed by atoms with E-state index in [2.05, 4.69) is 26.1 Å². The maximum Gasteiger partial charge on any atom is 0.0655 e. The minimum Gasteiger partial charge on any atom is -0.381 e. The standard InChI is InChI=1S/C14H27NO2/c1-4-17-13-9-12(14(13,2)3)15-10-11-5-7-16-8-6-11/h11-13,15H,4-10H2,1-3H3. The third kappa shape index (κ3) is 3.01. The largest absolute Gasteiger partial charge is 0.381 e. The zero-order valence-electron chi connectivity index (χ0n) is 11.5. The molecule has 0 aromatic heterocycles. The maximum atomic E-state index is 5.76. The Balaban J connectivity index is 1.70. The van der Waals surface area contributed by atoms with Gasteiger partial charge in [0.05, 0.1) is 6.10 Å². The Bertz CT molecular complexity index is 236. The molecule has 2 fully saturated rings. The molecule has 1 saturated heterocycles. The van der Waals surface area contributed by atoms with E-state index in [4.69, 9.17) is 9.47 Å². The number of rotatable bonds is 5. The SMILES string of the molecule is CCOC1CC(NCC2CCOCC2)C1(C)C. The Morgan fingerprint density at radius 1 is 1.29 bits per heavy atom. The fourth-order valence-electron chi connectivity index (χ4n) is 2.98. The Morgan fingerprint density at radius 3 is 2.59 bits per heavy atom. The molecule has 100 valence electrons. The second-order valence-corrected chi connectivity index (χ2v) is 6.02. The Hall–Kier alpha value is -0.120. The number of ether oxygens (including phenoxy) is 2. The van der Waals surface area contributed by atoms with E-state index in [1.54, 1.807) is 0 Å².